The lowest BCUT2D eigenvalue weighted by Gasteiger charge is -2.14. The van der Waals surface area contributed by atoms with Crippen LogP contribution in [0.5, 0.6) is 11.5 Å². The Balaban J connectivity index is 1.79. The Bertz CT molecular complexity index is 1030. The predicted molar refractivity (Wildman–Crippen MR) is 121 cm³/mol. The maximum absolute atomic E-state index is 12.8. The molecule has 1 aliphatic heterocycles. The van der Waals surface area contributed by atoms with Gasteiger partial charge in [-0.1, -0.05) is 35.9 Å². The maximum Gasteiger partial charge on any atom is 0.325 e. The summed E-state index contributed by atoms with van der Waals surface area (Å²) in [7, 11) is 4.51. The molecule has 1 saturated heterocycles. The van der Waals surface area contributed by atoms with Gasteiger partial charge in [0, 0.05) is 7.05 Å². The Labute approximate surface area is 186 Å². The van der Waals surface area contributed by atoms with Gasteiger partial charge in [0.1, 0.15) is 18.8 Å². The van der Waals surface area contributed by atoms with E-state index in [9.17, 15) is 9.59 Å². The number of likely N-dealkylation sites (N-methyl/N-ethyl adjacent to an activating group) is 1. The van der Waals surface area contributed by atoms with Crippen molar-refractivity contribution in [3.63, 3.8) is 0 Å². The summed E-state index contributed by atoms with van der Waals surface area (Å²) in [5.41, 5.74) is 3.33. The lowest BCUT2D eigenvalue weighted by Crippen LogP contribution is -2.36. The van der Waals surface area contributed by atoms with Crippen molar-refractivity contribution < 1.29 is 23.8 Å². The molecule has 2 aromatic carbocycles. The quantitative estimate of drug-likeness (QED) is 0.372. The second-order valence-electron chi connectivity index (χ2n) is 7.02. The molecule has 0 N–H and O–H groups in total. The molecular weight excluding hydrogens is 416 g/mol. The summed E-state index contributed by atoms with van der Waals surface area (Å²) in [6, 6.07) is 13.5. The van der Waals surface area contributed by atoms with Gasteiger partial charge in [0.25, 0.3) is 5.91 Å². The largest absolute Gasteiger partial charge is 0.493 e. The molecule has 0 aliphatic carbocycles. The average Bonchev–Trinajstić information content (AvgIpc) is 2.97. The van der Waals surface area contributed by atoms with Crippen LogP contribution >= 0.6 is 12.2 Å². The van der Waals surface area contributed by atoms with Crippen molar-refractivity contribution in [2.75, 3.05) is 27.8 Å². The Morgan fingerprint density at radius 2 is 1.81 bits per heavy atom. The molecule has 3 rings (SSSR count). The summed E-state index contributed by atoms with van der Waals surface area (Å²) < 4.78 is 16.0. The zero-order chi connectivity index (χ0) is 22.5. The number of carbonyl (C=O) groups excluding carboxylic acids is 2. The van der Waals surface area contributed by atoms with Crippen LogP contribution in [-0.2, 0) is 20.9 Å². The molecule has 1 fully saturated rings. The van der Waals surface area contributed by atoms with Crippen molar-refractivity contribution in [3.8, 4) is 11.5 Å². The molecule has 0 aromatic heterocycles. The highest BCUT2D eigenvalue weighted by Gasteiger charge is 2.37. The first-order valence-corrected chi connectivity index (χ1v) is 9.99. The fourth-order valence-electron chi connectivity index (χ4n) is 3.04. The molecule has 8 heteroatoms. The SMILES string of the molecule is COC(=O)CN1C(=O)/C(=C/c2ccc(OCc3ccc(C)cc3)c(OC)c2)N(C)C1=S. The molecule has 0 spiro atoms. The van der Waals surface area contributed by atoms with Gasteiger partial charge in [-0.25, -0.2) is 0 Å². The minimum absolute atomic E-state index is 0.231. The van der Waals surface area contributed by atoms with E-state index in [1.165, 1.54) is 17.6 Å². The van der Waals surface area contributed by atoms with E-state index in [2.05, 4.69) is 4.74 Å². The van der Waals surface area contributed by atoms with E-state index in [-0.39, 0.29) is 17.6 Å². The third-order valence-electron chi connectivity index (χ3n) is 4.86. The molecule has 1 amide bonds. The number of esters is 1. The van der Waals surface area contributed by atoms with E-state index in [1.54, 1.807) is 37.3 Å². The molecule has 0 saturated carbocycles. The van der Waals surface area contributed by atoms with Crippen LogP contribution in [0.4, 0.5) is 0 Å². The van der Waals surface area contributed by atoms with Crippen LogP contribution in [0.25, 0.3) is 6.08 Å². The van der Waals surface area contributed by atoms with E-state index in [4.69, 9.17) is 21.7 Å². The second-order valence-corrected chi connectivity index (χ2v) is 7.39. The number of hydrogen-bond donors (Lipinski definition) is 0. The summed E-state index contributed by atoms with van der Waals surface area (Å²) in [5, 5.41) is 0.242. The van der Waals surface area contributed by atoms with Crippen molar-refractivity contribution in [1.29, 1.82) is 0 Å². The van der Waals surface area contributed by atoms with E-state index >= 15 is 0 Å². The average molecular weight is 441 g/mol. The van der Waals surface area contributed by atoms with Gasteiger partial charge >= 0.3 is 5.97 Å². The fraction of sp³-hybridized carbons (Fsp3) is 0.261. The first-order chi connectivity index (χ1) is 14.8. The number of methoxy groups -OCH3 is 2. The molecule has 0 atom stereocenters. The molecule has 2 aromatic rings. The highest BCUT2D eigenvalue weighted by molar-refractivity contribution is 7.80. The Morgan fingerprint density at radius 1 is 1.10 bits per heavy atom. The fourth-order valence-corrected chi connectivity index (χ4v) is 3.29. The highest BCUT2D eigenvalue weighted by atomic mass is 32.1. The molecule has 1 aliphatic rings. The van der Waals surface area contributed by atoms with Crippen LogP contribution in [0.2, 0.25) is 0 Å². The maximum atomic E-state index is 12.8. The predicted octanol–water partition coefficient (Wildman–Crippen LogP) is 3.16. The smallest absolute Gasteiger partial charge is 0.325 e. The minimum atomic E-state index is -0.540. The van der Waals surface area contributed by atoms with Crippen molar-refractivity contribution >= 4 is 35.3 Å². The number of rotatable bonds is 7. The van der Waals surface area contributed by atoms with Crippen LogP contribution in [0.15, 0.2) is 48.2 Å². The molecular formula is C23H24N2O5S. The summed E-state index contributed by atoms with van der Waals surface area (Å²) in [6.45, 7) is 2.22. The zero-order valence-electron chi connectivity index (χ0n) is 17.9. The number of ether oxygens (including phenoxy) is 3. The lowest BCUT2D eigenvalue weighted by atomic mass is 10.1. The second kappa shape index (κ2) is 9.61. The summed E-state index contributed by atoms with van der Waals surface area (Å²) in [6.07, 6.45) is 1.69. The van der Waals surface area contributed by atoms with E-state index in [0.29, 0.717) is 23.8 Å². The van der Waals surface area contributed by atoms with E-state index in [1.807, 2.05) is 37.3 Å². The standard InChI is InChI=1S/C23H24N2O5S/c1-15-5-7-16(8-6-15)14-30-19-10-9-17(12-20(19)28-3)11-18-22(27)25(13-21(26)29-4)23(31)24(18)2/h5-12H,13-14H2,1-4H3/b18-11-. The van der Waals surface area contributed by atoms with Crippen LogP contribution in [0.1, 0.15) is 16.7 Å². The summed E-state index contributed by atoms with van der Waals surface area (Å²) in [5.74, 6) is 0.237. The third-order valence-corrected chi connectivity index (χ3v) is 5.36. The Hall–Kier alpha value is -3.39. The first-order valence-electron chi connectivity index (χ1n) is 9.58. The number of carbonyl (C=O) groups is 2. The van der Waals surface area contributed by atoms with Gasteiger partial charge in [-0.05, 0) is 48.5 Å². The van der Waals surface area contributed by atoms with Crippen molar-refractivity contribution in [2.24, 2.45) is 0 Å². The topological polar surface area (TPSA) is 68.3 Å². The number of hydrogen-bond acceptors (Lipinski definition) is 6. The number of thiocarbonyl (C=S) groups is 1. The third kappa shape index (κ3) is 5.03. The van der Waals surface area contributed by atoms with Crippen LogP contribution in [0.3, 0.4) is 0 Å². The Kier molecular flexibility index (Phi) is 6.91. The van der Waals surface area contributed by atoms with Crippen LogP contribution < -0.4 is 9.47 Å². The molecule has 31 heavy (non-hydrogen) atoms. The molecule has 7 nitrogen and oxygen atoms in total. The Morgan fingerprint density at radius 3 is 2.45 bits per heavy atom. The van der Waals surface area contributed by atoms with Gasteiger partial charge in [0.2, 0.25) is 0 Å². The van der Waals surface area contributed by atoms with E-state index < -0.39 is 5.97 Å². The zero-order valence-corrected chi connectivity index (χ0v) is 18.7. The first kappa shape index (κ1) is 22.3. The monoisotopic (exact) mass is 440 g/mol. The number of benzene rings is 2. The molecule has 0 unspecified atom stereocenters. The highest BCUT2D eigenvalue weighted by Crippen LogP contribution is 2.31. The van der Waals surface area contributed by atoms with Gasteiger partial charge in [-0.3, -0.25) is 14.5 Å². The van der Waals surface area contributed by atoms with Gasteiger partial charge in [0.15, 0.2) is 16.6 Å². The summed E-state index contributed by atoms with van der Waals surface area (Å²) in [4.78, 5) is 27.1. The number of amides is 1. The van der Waals surface area contributed by atoms with Gasteiger partial charge < -0.3 is 19.1 Å². The molecule has 0 bridgehead atoms. The van der Waals surface area contributed by atoms with Crippen LogP contribution in [0, 0.1) is 6.92 Å². The normalized spacial score (nSPS) is 14.9. The van der Waals surface area contributed by atoms with Crippen molar-refractivity contribution in [3.05, 3.63) is 64.9 Å². The molecule has 1 heterocycles. The molecule has 162 valence electrons. The van der Waals surface area contributed by atoms with Gasteiger partial charge in [-0.2, -0.15) is 0 Å². The van der Waals surface area contributed by atoms with Gasteiger partial charge in [-0.15, -0.1) is 0 Å². The molecule has 0 radical (unpaired) electrons. The van der Waals surface area contributed by atoms with Crippen molar-refractivity contribution in [1.82, 2.24) is 9.80 Å². The van der Waals surface area contributed by atoms with Crippen LogP contribution in [-0.4, -0.2) is 54.6 Å². The lowest BCUT2D eigenvalue weighted by molar-refractivity contribution is -0.143. The van der Waals surface area contributed by atoms with Crippen molar-refractivity contribution in [2.45, 2.75) is 13.5 Å². The van der Waals surface area contributed by atoms with Gasteiger partial charge in [0.05, 0.1) is 14.2 Å². The number of nitrogens with zero attached hydrogens (tertiary/aromatic N) is 2. The summed E-state index contributed by atoms with van der Waals surface area (Å²) >= 11 is 5.30. The minimum Gasteiger partial charge on any atom is -0.493 e. The van der Waals surface area contributed by atoms with E-state index in [0.717, 1.165) is 11.1 Å². The number of aryl methyl sites for hydroxylation is 1.